The van der Waals surface area contributed by atoms with Gasteiger partial charge in [-0.1, -0.05) is 6.92 Å². The molecule has 0 aliphatic rings. The average Bonchev–Trinajstić information content (AvgIpc) is 2.27. The number of pyridine rings is 1. The Hall–Kier alpha value is -1.49. The van der Waals surface area contributed by atoms with Gasteiger partial charge >= 0.3 is 0 Å². The van der Waals surface area contributed by atoms with Crippen molar-refractivity contribution in [3.63, 3.8) is 0 Å². The zero-order chi connectivity index (χ0) is 12.1. The van der Waals surface area contributed by atoms with Crippen molar-refractivity contribution in [2.24, 2.45) is 5.92 Å². The normalized spacial score (nSPS) is 14.2. The van der Waals surface area contributed by atoms with Gasteiger partial charge in [0.1, 0.15) is 0 Å². The van der Waals surface area contributed by atoms with Gasteiger partial charge in [-0.2, -0.15) is 4.39 Å². The van der Waals surface area contributed by atoms with Gasteiger partial charge in [-0.15, -0.1) is 0 Å². The van der Waals surface area contributed by atoms with Crippen molar-refractivity contribution >= 4 is 5.91 Å². The van der Waals surface area contributed by atoms with Crippen molar-refractivity contribution < 1.29 is 14.3 Å². The number of carbonyl (C=O) groups is 1. The van der Waals surface area contributed by atoms with Crippen molar-refractivity contribution in [2.45, 2.75) is 19.9 Å². The number of aliphatic hydroxyl groups excluding tert-OH is 1. The summed E-state index contributed by atoms with van der Waals surface area (Å²) in [6.07, 6.45) is 1.24. The minimum absolute atomic E-state index is 0.00778. The molecule has 1 aromatic rings. The van der Waals surface area contributed by atoms with Crippen LogP contribution in [0, 0.1) is 11.9 Å². The number of halogens is 1. The van der Waals surface area contributed by atoms with Crippen molar-refractivity contribution in [1.29, 1.82) is 0 Å². The molecule has 88 valence electrons. The van der Waals surface area contributed by atoms with E-state index in [9.17, 15) is 9.18 Å². The Morgan fingerprint density at radius 2 is 2.31 bits per heavy atom. The van der Waals surface area contributed by atoms with Crippen LogP contribution in [-0.2, 0) is 0 Å². The Balaban J connectivity index is 2.66. The number of aromatic nitrogens is 1. The molecule has 1 aromatic heterocycles. The standard InChI is InChI=1S/C11H15FN2O2/c1-7(6-15)8(2)14-11(16)9-3-4-13-10(12)5-9/h3-5,7-8,15H,6H2,1-2H3,(H,14,16). The molecule has 0 aliphatic heterocycles. The second-order valence-electron chi connectivity index (χ2n) is 3.79. The maximum atomic E-state index is 12.8. The Morgan fingerprint density at radius 1 is 1.62 bits per heavy atom. The van der Waals surface area contributed by atoms with Crippen molar-refractivity contribution in [1.82, 2.24) is 10.3 Å². The van der Waals surface area contributed by atoms with Crippen LogP contribution in [0.25, 0.3) is 0 Å². The highest BCUT2D eigenvalue weighted by Crippen LogP contribution is 2.04. The summed E-state index contributed by atoms with van der Waals surface area (Å²) in [5.41, 5.74) is 0.226. The van der Waals surface area contributed by atoms with E-state index >= 15 is 0 Å². The zero-order valence-corrected chi connectivity index (χ0v) is 9.27. The highest BCUT2D eigenvalue weighted by Gasteiger charge is 2.15. The summed E-state index contributed by atoms with van der Waals surface area (Å²) >= 11 is 0. The molecule has 0 aliphatic carbocycles. The predicted molar refractivity (Wildman–Crippen MR) is 57.4 cm³/mol. The first kappa shape index (κ1) is 12.6. The number of hydrogen-bond acceptors (Lipinski definition) is 3. The number of hydrogen-bond donors (Lipinski definition) is 2. The largest absolute Gasteiger partial charge is 0.396 e. The summed E-state index contributed by atoms with van der Waals surface area (Å²) < 4.78 is 12.8. The van der Waals surface area contributed by atoms with E-state index in [2.05, 4.69) is 10.3 Å². The minimum Gasteiger partial charge on any atom is -0.396 e. The summed E-state index contributed by atoms with van der Waals surface area (Å²) in [6, 6.07) is 2.34. The molecule has 2 N–H and O–H groups in total. The molecule has 1 amide bonds. The minimum atomic E-state index is -0.685. The molecule has 0 saturated carbocycles. The molecule has 0 aromatic carbocycles. The van der Waals surface area contributed by atoms with Gasteiger partial charge < -0.3 is 10.4 Å². The molecule has 1 rings (SSSR count). The van der Waals surface area contributed by atoms with Gasteiger partial charge in [0, 0.05) is 30.5 Å². The molecule has 1 heterocycles. The van der Waals surface area contributed by atoms with Crippen LogP contribution in [0.2, 0.25) is 0 Å². The van der Waals surface area contributed by atoms with E-state index in [4.69, 9.17) is 5.11 Å². The number of nitrogens with zero attached hydrogens (tertiary/aromatic N) is 1. The Bertz CT molecular complexity index is 371. The maximum absolute atomic E-state index is 12.8. The van der Waals surface area contributed by atoms with E-state index in [-0.39, 0.29) is 30.0 Å². The number of rotatable bonds is 4. The van der Waals surface area contributed by atoms with E-state index in [1.165, 1.54) is 12.3 Å². The van der Waals surface area contributed by atoms with E-state index in [1.807, 2.05) is 6.92 Å². The lowest BCUT2D eigenvalue weighted by Gasteiger charge is -2.19. The van der Waals surface area contributed by atoms with E-state index < -0.39 is 5.95 Å². The summed E-state index contributed by atoms with van der Waals surface area (Å²) in [5.74, 6) is -1.10. The zero-order valence-electron chi connectivity index (χ0n) is 9.27. The lowest BCUT2D eigenvalue weighted by molar-refractivity contribution is 0.0915. The highest BCUT2D eigenvalue weighted by atomic mass is 19.1. The summed E-state index contributed by atoms with van der Waals surface area (Å²) in [7, 11) is 0. The molecule has 4 nitrogen and oxygen atoms in total. The summed E-state index contributed by atoms with van der Waals surface area (Å²) in [4.78, 5) is 15.0. The van der Waals surface area contributed by atoms with Crippen molar-refractivity contribution in [3.8, 4) is 0 Å². The van der Waals surface area contributed by atoms with Gasteiger partial charge in [0.25, 0.3) is 5.91 Å². The molecular formula is C11H15FN2O2. The van der Waals surface area contributed by atoms with Crippen LogP contribution in [0.1, 0.15) is 24.2 Å². The third-order valence-corrected chi connectivity index (χ3v) is 2.49. The Morgan fingerprint density at radius 3 is 2.88 bits per heavy atom. The van der Waals surface area contributed by atoms with Gasteiger partial charge in [-0.05, 0) is 18.9 Å². The van der Waals surface area contributed by atoms with Crippen LogP contribution in [0.3, 0.4) is 0 Å². The maximum Gasteiger partial charge on any atom is 0.251 e. The molecular weight excluding hydrogens is 211 g/mol. The van der Waals surface area contributed by atoms with Crippen LogP contribution in [0.15, 0.2) is 18.3 Å². The smallest absolute Gasteiger partial charge is 0.251 e. The van der Waals surface area contributed by atoms with Gasteiger partial charge in [0.15, 0.2) is 0 Å². The SMILES string of the molecule is CC(CO)C(C)NC(=O)c1ccnc(F)c1. The van der Waals surface area contributed by atoms with Crippen LogP contribution in [0.5, 0.6) is 0 Å². The van der Waals surface area contributed by atoms with Crippen LogP contribution >= 0.6 is 0 Å². The van der Waals surface area contributed by atoms with E-state index in [1.54, 1.807) is 6.92 Å². The van der Waals surface area contributed by atoms with Crippen LogP contribution in [0.4, 0.5) is 4.39 Å². The average molecular weight is 226 g/mol. The number of carbonyl (C=O) groups excluding carboxylic acids is 1. The fourth-order valence-corrected chi connectivity index (χ4v) is 1.13. The molecule has 5 heteroatoms. The predicted octanol–water partition coefficient (Wildman–Crippen LogP) is 0.967. The topological polar surface area (TPSA) is 62.2 Å². The van der Waals surface area contributed by atoms with Gasteiger partial charge in [0.2, 0.25) is 5.95 Å². The fraction of sp³-hybridized carbons (Fsp3) is 0.455. The second kappa shape index (κ2) is 5.55. The van der Waals surface area contributed by atoms with Gasteiger partial charge in [-0.25, -0.2) is 4.98 Å². The molecule has 2 unspecified atom stereocenters. The summed E-state index contributed by atoms with van der Waals surface area (Å²) in [5, 5.41) is 11.6. The van der Waals surface area contributed by atoms with E-state index in [0.717, 1.165) is 6.07 Å². The highest BCUT2D eigenvalue weighted by molar-refractivity contribution is 5.94. The number of aliphatic hydroxyl groups is 1. The van der Waals surface area contributed by atoms with Gasteiger partial charge in [-0.3, -0.25) is 4.79 Å². The number of amides is 1. The molecule has 2 atom stereocenters. The lowest BCUT2D eigenvalue weighted by atomic mass is 10.0. The quantitative estimate of drug-likeness (QED) is 0.752. The molecule has 0 spiro atoms. The second-order valence-corrected chi connectivity index (χ2v) is 3.79. The first-order valence-corrected chi connectivity index (χ1v) is 5.08. The third-order valence-electron chi connectivity index (χ3n) is 2.49. The first-order valence-electron chi connectivity index (χ1n) is 5.08. The fourth-order valence-electron chi connectivity index (χ4n) is 1.13. The molecule has 16 heavy (non-hydrogen) atoms. The van der Waals surface area contributed by atoms with Crippen molar-refractivity contribution in [2.75, 3.05) is 6.61 Å². The van der Waals surface area contributed by atoms with E-state index in [0.29, 0.717) is 0 Å². The molecule has 0 fully saturated rings. The first-order chi connectivity index (χ1) is 7.54. The Kier molecular flexibility index (Phi) is 4.37. The summed E-state index contributed by atoms with van der Waals surface area (Å²) in [6.45, 7) is 3.60. The molecule has 0 bridgehead atoms. The monoisotopic (exact) mass is 226 g/mol. The Labute approximate surface area is 93.5 Å². The van der Waals surface area contributed by atoms with Crippen LogP contribution in [-0.4, -0.2) is 28.6 Å². The lowest BCUT2D eigenvalue weighted by Crippen LogP contribution is -2.38. The molecule has 0 radical (unpaired) electrons. The van der Waals surface area contributed by atoms with Crippen molar-refractivity contribution in [3.05, 3.63) is 29.8 Å². The molecule has 0 saturated heterocycles. The van der Waals surface area contributed by atoms with Gasteiger partial charge in [0.05, 0.1) is 0 Å². The third kappa shape index (κ3) is 3.27. The number of nitrogens with one attached hydrogen (secondary N) is 1. The van der Waals surface area contributed by atoms with Crippen LogP contribution < -0.4 is 5.32 Å².